The Kier molecular flexibility index (Phi) is 48.7. The van der Waals surface area contributed by atoms with Crippen molar-refractivity contribution in [3.8, 4) is 0 Å². The molecular formula is C95H162O46. The summed E-state index contributed by atoms with van der Waals surface area (Å²) in [5.74, 6) is -12.9. The number of hydrogen-bond donors (Lipinski definition) is 7. The van der Waals surface area contributed by atoms with Gasteiger partial charge in [-0.05, 0) is 138 Å². The van der Waals surface area contributed by atoms with E-state index in [0.717, 1.165) is 0 Å². The van der Waals surface area contributed by atoms with E-state index in [1.807, 2.05) is 62.3 Å². The molecule has 7 N–H and O–H groups in total. The molecule has 0 spiro atoms. The number of cyclic esters (lactones) is 2. The molecule has 0 saturated carbocycles. The first-order valence-electron chi connectivity index (χ1n) is 48.8. The predicted octanol–water partition coefficient (Wildman–Crippen LogP) is 4.36. The van der Waals surface area contributed by atoms with Crippen molar-refractivity contribution in [1.29, 1.82) is 0 Å². The second-order valence-electron chi connectivity index (χ2n) is 39.0. The Labute approximate surface area is 825 Å². The standard InChI is InChI=1S/C23H38O12.C23H38O10.C22H36O9.C21H32O10.2C2H6O2.C2H6O/c1-21(2)34-19(15-13-30-22(3,32-15)7-5-17(26)28-11-9-24)20(35-21)16-14-31-23(4,33-16)8-6-18(27)29-12-10-25;1-15(24)7-9-22(4)28-13-16(30-22)19-20(33-21(2,3)32-19)17-14-29-23(5,31-17)10-8-18(25)27-12-11-26-6;1-7-25-17(24)9-11-22(6)27-13-16(29-22)19-18(30-20(3,4)31-19)15-12-26-21(5,28-15)10-8-14(2)23;1-19(2)30-17-13-11-26-20(3,28-13)7-5-15(22)24-9-10-25-16(23)6-8-21(4)27-12-14(29-21)18(17)31-19;2*3-1-2-4;1-2-3/h15-16,19-20,24-25H,5-14H2,1-4H3;16-17,19-20H,7-14H2,1-6H3;15-16,18-19H,7-13H2,1-6H3;13-14,17-18H,5-12H2,1-4H3;2*3-4H,1-2H2;3H,2H2,1H3. The summed E-state index contributed by atoms with van der Waals surface area (Å²) in [5.41, 5.74) is 0. The maximum absolute atomic E-state index is 12.0. The number of hydrogen-bond acceptors (Lipinski definition) is 46. The van der Waals surface area contributed by atoms with Crippen molar-refractivity contribution >= 4 is 47.4 Å². The lowest BCUT2D eigenvalue weighted by atomic mass is 10.0. The van der Waals surface area contributed by atoms with Gasteiger partial charge in [0.05, 0.1) is 144 Å². The first-order valence-corrected chi connectivity index (χ1v) is 48.8. The van der Waals surface area contributed by atoms with E-state index in [4.69, 9.17) is 183 Å². The zero-order valence-corrected chi connectivity index (χ0v) is 86.2. The summed E-state index contributed by atoms with van der Waals surface area (Å²) in [6.07, 6.45) is -2.44. The summed E-state index contributed by atoms with van der Waals surface area (Å²) in [6, 6.07) is 0. The topological polar surface area (TPSA) is 564 Å². The molecule has 0 amide bonds. The van der Waals surface area contributed by atoms with E-state index in [1.165, 1.54) is 0 Å². The van der Waals surface area contributed by atoms with Crippen LogP contribution < -0.4 is 0 Å². The molecule has 24 unspecified atom stereocenters. The van der Waals surface area contributed by atoms with Gasteiger partial charge in [0.25, 0.3) is 0 Å². The Balaban J connectivity index is 0.000000246. The first kappa shape index (κ1) is 123. The van der Waals surface area contributed by atoms with Crippen molar-refractivity contribution in [2.24, 2.45) is 0 Å². The molecular weight excluding hydrogens is 1880 g/mol. The SMILES string of the molecule is CC1(C)OC(C2COC(C)(CCC(=O)OCCO)O2)C(C2COC(C)(CCC(=O)OCCO)O2)O1.CC1(C)OC2C3COC(C)(CCC(=O)OCCOC(=O)CCC4(C)OCC(O4)C2O1)O3.CCO.CCOC(=O)CCC1(C)OCC(C2OC(C)(C)OC2C2COC(C)(CCC(C)=O)O2)O1.COCCOC(=O)CCC1(C)OCC(C2OC(C)(C)OC2C2COC(C)(CCC(C)=O)O2)O1.OCCO.OCCO. The van der Waals surface area contributed by atoms with E-state index >= 15 is 0 Å². The van der Waals surface area contributed by atoms with Crippen molar-refractivity contribution in [1.82, 2.24) is 0 Å². The predicted molar refractivity (Wildman–Crippen MR) is 483 cm³/mol. The van der Waals surface area contributed by atoms with Crippen LogP contribution in [-0.2, 0) is 185 Å². The van der Waals surface area contributed by atoms with E-state index < -0.39 is 173 Å². The first-order chi connectivity index (χ1) is 66.2. The number of carbonyl (C=O) groups excluding carboxylic acids is 8. The van der Waals surface area contributed by atoms with Crippen LogP contribution in [0, 0.1) is 0 Å². The van der Waals surface area contributed by atoms with Gasteiger partial charge in [-0.15, -0.1) is 0 Å². The van der Waals surface area contributed by atoms with Gasteiger partial charge in [-0.1, -0.05) is 0 Å². The number of Topliss-reactive ketones (excluding diaryl/α,β-unsaturated/α-hetero) is 2. The monoisotopic (exact) mass is 2040 g/mol. The van der Waals surface area contributed by atoms with Gasteiger partial charge in [-0.3, -0.25) is 28.8 Å². The highest BCUT2D eigenvalue weighted by Crippen LogP contribution is 2.48. The number of aliphatic hydroxyl groups is 7. The Morgan fingerprint density at radius 1 is 0.291 bits per heavy atom. The number of ketones is 2. The molecule has 4 bridgehead atoms. The molecule has 46 nitrogen and oxygen atoms in total. The molecule has 0 aromatic rings. The van der Waals surface area contributed by atoms with Crippen LogP contribution in [0.5, 0.6) is 0 Å². The van der Waals surface area contributed by atoms with Crippen LogP contribution in [0.15, 0.2) is 0 Å². The number of rotatable bonds is 34. The van der Waals surface area contributed by atoms with Gasteiger partial charge in [0.2, 0.25) is 0 Å². The van der Waals surface area contributed by atoms with E-state index in [9.17, 15) is 38.4 Å². The molecule has 13 aliphatic heterocycles. The second kappa shape index (κ2) is 55.9. The molecule has 0 aromatic carbocycles. The fraction of sp³-hybridized carbons (Fsp3) is 0.916. The smallest absolute Gasteiger partial charge is 0.306 e. The van der Waals surface area contributed by atoms with Crippen LogP contribution >= 0.6 is 0 Å². The lowest BCUT2D eigenvalue weighted by molar-refractivity contribution is -0.188. The minimum atomic E-state index is -1.000. The molecule has 13 rings (SSSR count). The minimum absolute atomic E-state index is 0.00197. The van der Waals surface area contributed by atoms with Crippen molar-refractivity contribution in [2.75, 3.05) is 152 Å². The van der Waals surface area contributed by atoms with Crippen LogP contribution in [0.3, 0.4) is 0 Å². The third kappa shape index (κ3) is 40.0. The van der Waals surface area contributed by atoms with Crippen LogP contribution in [0.25, 0.3) is 0 Å². The van der Waals surface area contributed by atoms with Gasteiger partial charge >= 0.3 is 35.8 Å². The van der Waals surface area contributed by atoms with Gasteiger partial charge in [-0.2, -0.15) is 0 Å². The Hall–Kier alpha value is -5.12. The van der Waals surface area contributed by atoms with Crippen molar-refractivity contribution in [2.45, 2.75) is 408 Å². The maximum Gasteiger partial charge on any atom is 0.306 e. The molecule has 24 atom stereocenters. The van der Waals surface area contributed by atoms with E-state index in [1.54, 1.807) is 83.3 Å². The van der Waals surface area contributed by atoms with Crippen LogP contribution in [0.1, 0.15) is 241 Å². The lowest BCUT2D eigenvalue weighted by Gasteiger charge is -2.29. The zero-order chi connectivity index (χ0) is 105. The highest BCUT2D eigenvalue weighted by atomic mass is 16.8. The second-order valence-corrected chi connectivity index (χ2v) is 39.0. The highest BCUT2D eigenvalue weighted by molar-refractivity contribution is 5.76. The average Bonchev–Trinajstić information content (AvgIpc) is 1.63. The molecule has 13 fully saturated rings. The quantitative estimate of drug-likeness (QED) is 0.0267. The summed E-state index contributed by atoms with van der Waals surface area (Å²) in [4.78, 5) is 94.1. The summed E-state index contributed by atoms with van der Waals surface area (Å²) in [7, 11) is 1.55. The minimum Gasteiger partial charge on any atom is -0.466 e. The van der Waals surface area contributed by atoms with Crippen molar-refractivity contribution in [3.63, 3.8) is 0 Å². The Morgan fingerprint density at radius 3 is 0.716 bits per heavy atom. The number of esters is 6. The molecule has 0 radical (unpaired) electrons. The fourth-order valence-corrected chi connectivity index (χ4v) is 17.3. The molecule has 0 aliphatic carbocycles. The fourth-order valence-electron chi connectivity index (χ4n) is 17.3. The number of aliphatic hydroxyl groups excluding tert-OH is 7. The van der Waals surface area contributed by atoms with Gasteiger partial charge < -0.3 is 192 Å². The summed E-state index contributed by atoms with van der Waals surface area (Å²) < 4.78 is 181. The van der Waals surface area contributed by atoms with E-state index in [0.29, 0.717) is 104 Å². The summed E-state index contributed by atoms with van der Waals surface area (Å²) in [5, 5.41) is 55.6. The number of ether oxygens (including phenoxy) is 31. The lowest BCUT2D eigenvalue weighted by Crippen LogP contribution is -2.45. The molecule has 818 valence electrons. The third-order valence-corrected chi connectivity index (χ3v) is 24.2. The zero-order valence-electron chi connectivity index (χ0n) is 86.2. The summed E-state index contributed by atoms with van der Waals surface area (Å²) >= 11 is 0. The largest absolute Gasteiger partial charge is 0.466 e. The van der Waals surface area contributed by atoms with Crippen molar-refractivity contribution < 1.29 is 221 Å². The number of methoxy groups -OCH3 is 1. The molecule has 13 saturated heterocycles. The molecule has 46 heteroatoms. The number of fused-ring (bicyclic) bond motifs is 7. The van der Waals surface area contributed by atoms with Crippen LogP contribution in [0.4, 0.5) is 0 Å². The molecule has 13 heterocycles. The Bertz CT molecular complexity index is 3690. The van der Waals surface area contributed by atoms with Gasteiger partial charge in [-0.25, -0.2) is 0 Å². The van der Waals surface area contributed by atoms with Gasteiger partial charge in [0, 0.05) is 77.9 Å². The number of carbonyl (C=O) groups is 8. The van der Waals surface area contributed by atoms with E-state index in [2.05, 4.69) is 0 Å². The molecule has 141 heavy (non-hydrogen) atoms. The van der Waals surface area contributed by atoms with Crippen LogP contribution in [-0.4, -0.2) is 403 Å². The Morgan fingerprint density at radius 2 is 0.504 bits per heavy atom. The van der Waals surface area contributed by atoms with Crippen molar-refractivity contribution in [3.05, 3.63) is 0 Å². The van der Waals surface area contributed by atoms with E-state index in [-0.39, 0.29) is 186 Å². The normalized spacial score (nSPS) is 36.9. The van der Waals surface area contributed by atoms with Gasteiger partial charge in [0.15, 0.2) is 69.4 Å². The molecule has 0 aromatic heterocycles. The summed E-state index contributed by atoms with van der Waals surface area (Å²) in [6.45, 7) is 38.1. The maximum atomic E-state index is 12.0. The highest BCUT2D eigenvalue weighted by Gasteiger charge is 2.62. The van der Waals surface area contributed by atoms with Crippen LogP contribution in [0.2, 0.25) is 0 Å². The molecule has 13 aliphatic rings. The average molecular weight is 2040 g/mol. The van der Waals surface area contributed by atoms with Gasteiger partial charge in [0.1, 0.15) is 142 Å². The third-order valence-electron chi connectivity index (χ3n) is 24.2.